The number of allylic oxidation sites excluding steroid dienone is 26. The molecule has 0 spiro atoms. The molecule has 0 aromatic carbocycles. The first-order valence-corrected chi connectivity index (χ1v) is 27.5. The lowest BCUT2D eigenvalue weighted by Crippen LogP contribution is -2.29. The molecule has 0 aliphatic rings. The van der Waals surface area contributed by atoms with Crippen molar-refractivity contribution in [3.05, 3.63) is 158 Å². The van der Waals surface area contributed by atoms with Gasteiger partial charge in [-0.1, -0.05) is 198 Å². The number of hydrogen-bond donors (Lipinski definition) is 2. The molecule has 9 nitrogen and oxygen atoms in total. The number of rotatable bonds is 46. The van der Waals surface area contributed by atoms with Crippen LogP contribution in [0.4, 0.5) is 0 Å². The third-order valence-corrected chi connectivity index (χ3v) is 10.9. The Balaban J connectivity index is 4.18. The minimum atomic E-state index is -4.41. The Morgan fingerprint density at radius 3 is 1.16 bits per heavy atom. The molecule has 0 heterocycles. The van der Waals surface area contributed by atoms with Crippen LogP contribution in [0.15, 0.2) is 158 Å². The number of nitrogens with two attached hydrogens (primary N) is 1. The molecule has 0 aliphatic carbocycles. The highest BCUT2D eigenvalue weighted by molar-refractivity contribution is 7.47. The van der Waals surface area contributed by atoms with Crippen LogP contribution < -0.4 is 5.73 Å². The molecular weight excluding hydrogens is 882 g/mol. The van der Waals surface area contributed by atoms with Crippen molar-refractivity contribution in [1.82, 2.24) is 0 Å². The minimum Gasteiger partial charge on any atom is -0.462 e. The van der Waals surface area contributed by atoms with E-state index in [1.807, 2.05) is 6.08 Å². The standard InChI is InChI=1S/C59H92NO8P/c1-3-5-7-9-11-13-15-17-19-21-22-23-24-25-26-27-28-29-30-31-32-33-34-36-38-40-42-44-46-48-50-52-59(62)68-57(56-67-69(63,64)66-54-53-60)55-65-58(61)51-49-47-45-43-41-39-37-35-20-18-16-14-12-10-8-6-4-2/h5-8,11-14,17-20,22-23,25-26,28-29,31-32,34,36-37,39,43,45,57H,3-4,9-10,15-16,21,24,27,30,33,35,38,40-42,44,46-56,60H2,1-2H3,(H,63,64)/b7-5-,8-6-,13-11-,14-12-,19-17-,20-18-,23-22-,26-25-,29-28-,32-31-,36-34-,39-37-,45-43-. The van der Waals surface area contributed by atoms with Crippen LogP contribution in [0.5, 0.6) is 0 Å². The molecule has 0 fully saturated rings. The molecular formula is C59H92NO8P. The maximum atomic E-state index is 12.7. The first-order valence-electron chi connectivity index (χ1n) is 26.0. The van der Waals surface area contributed by atoms with Gasteiger partial charge in [-0.25, -0.2) is 4.57 Å². The van der Waals surface area contributed by atoms with Gasteiger partial charge in [0.2, 0.25) is 0 Å². The van der Waals surface area contributed by atoms with Crippen molar-refractivity contribution in [3.8, 4) is 0 Å². The fraction of sp³-hybridized carbons (Fsp3) is 0.525. The molecule has 2 atom stereocenters. The first-order chi connectivity index (χ1) is 33.8. The molecule has 0 saturated carbocycles. The van der Waals surface area contributed by atoms with Gasteiger partial charge < -0.3 is 20.1 Å². The lowest BCUT2D eigenvalue weighted by Gasteiger charge is -2.19. The molecule has 0 aromatic heterocycles. The average molecular weight is 974 g/mol. The van der Waals surface area contributed by atoms with Gasteiger partial charge in [0.05, 0.1) is 13.2 Å². The van der Waals surface area contributed by atoms with E-state index in [0.29, 0.717) is 12.8 Å². The van der Waals surface area contributed by atoms with E-state index < -0.39 is 32.5 Å². The van der Waals surface area contributed by atoms with E-state index in [-0.39, 0.29) is 32.6 Å². The van der Waals surface area contributed by atoms with Gasteiger partial charge in [-0.15, -0.1) is 0 Å². The van der Waals surface area contributed by atoms with Crippen molar-refractivity contribution in [3.63, 3.8) is 0 Å². The summed E-state index contributed by atoms with van der Waals surface area (Å²) in [4.78, 5) is 35.0. The van der Waals surface area contributed by atoms with Crippen LogP contribution in [0.25, 0.3) is 0 Å². The van der Waals surface area contributed by atoms with Gasteiger partial charge >= 0.3 is 19.8 Å². The Bertz CT molecular complexity index is 1680. The van der Waals surface area contributed by atoms with Gasteiger partial charge in [-0.3, -0.25) is 18.6 Å². The van der Waals surface area contributed by atoms with Crippen LogP contribution >= 0.6 is 7.82 Å². The van der Waals surface area contributed by atoms with E-state index in [4.69, 9.17) is 24.3 Å². The van der Waals surface area contributed by atoms with Crippen molar-refractivity contribution in [1.29, 1.82) is 0 Å². The highest BCUT2D eigenvalue weighted by Crippen LogP contribution is 2.43. The van der Waals surface area contributed by atoms with E-state index in [1.165, 1.54) is 0 Å². The van der Waals surface area contributed by atoms with Gasteiger partial charge in [0.15, 0.2) is 6.10 Å². The van der Waals surface area contributed by atoms with Crippen molar-refractivity contribution < 1.29 is 37.6 Å². The Kier molecular flexibility index (Phi) is 49.6. The van der Waals surface area contributed by atoms with Crippen LogP contribution in [0, 0.1) is 0 Å². The zero-order chi connectivity index (χ0) is 50.2. The van der Waals surface area contributed by atoms with Crippen LogP contribution in [0.2, 0.25) is 0 Å². The Morgan fingerprint density at radius 2 is 0.768 bits per heavy atom. The van der Waals surface area contributed by atoms with Gasteiger partial charge in [-0.2, -0.15) is 0 Å². The van der Waals surface area contributed by atoms with Crippen LogP contribution in [-0.2, 0) is 32.7 Å². The predicted octanol–water partition coefficient (Wildman–Crippen LogP) is 16.2. The van der Waals surface area contributed by atoms with Gasteiger partial charge in [0.25, 0.3) is 0 Å². The molecule has 0 bridgehead atoms. The quantitative estimate of drug-likeness (QED) is 0.0265. The molecule has 0 aliphatic heterocycles. The molecule has 386 valence electrons. The monoisotopic (exact) mass is 974 g/mol. The predicted molar refractivity (Wildman–Crippen MR) is 293 cm³/mol. The lowest BCUT2D eigenvalue weighted by atomic mass is 10.1. The fourth-order valence-corrected chi connectivity index (χ4v) is 6.92. The molecule has 69 heavy (non-hydrogen) atoms. The lowest BCUT2D eigenvalue weighted by molar-refractivity contribution is -0.161. The Morgan fingerprint density at radius 1 is 0.435 bits per heavy atom. The van der Waals surface area contributed by atoms with Crippen molar-refractivity contribution >= 4 is 19.8 Å². The summed E-state index contributed by atoms with van der Waals surface area (Å²) in [5.41, 5.74) is 5.36. The highest BCUT2D eigenvalue weighted by atomic mass is 31.2. The summed E-state index contributed by atoms with van der Waals surface area (Å²) in [5, 5.41) is 0. The topological polar surface area (TPSA) is 134 Å². The summed E-state index contributed by atoms with van der Waals surface area (Å²) < 4.78 is 32.8. The number of esters is 2. The second-order valence-electron chi connectivity index (χ2n) is 16.3. The zero-order valence-corrected chi connectivity index (χ0v) is 43.6. The largest absolute Gasteiger partial charge is 0.472 e. The second-order valence-corrected chi connectivity index (χ2v) is 17.7. The molecule has 3 N–H and O–H groups in total. The average Bonchev–Trinajstić information content (AvgIpc) is 3.34. The summed E-state index contributed by atoms with van der Waals surface area (Å²) >= 11 is 0. The first kappa shape index (κ1) is 64.6. The van der Waals surface area contributed by atoms with Crippen LogP contribution in [-0.4, -0.2) is 49.3 Å². The molecule has 0 rings (SSSR count). The number of unbranched alkanes of at least 4 members (excludes halogenated alkanes) is 7. The number of hydrogen-bond acceptors (Lipinski definition) is 8. The molecule has 0 aromatic rings. The van der Waals surface area contributed by atoms with E-state index in [9.17, 15) is 19.0 Å². The van der Waals surface area contributed by atoms with Crippen LogP contribution in [0.1, 0.15) is 168 Å². The van der Waals surface area contributed by atoms with Gasteiger partial charge in [-0.05, 0) is 116 Å². The highest BCUT2D eigenvalue weighted by Gasteiger charge is 2.26. The summed E-state index contributed by atoms with van der Waals surface area (Å²) in [6.45, 7) is 3.39. The molecule has 0 radical (unpaired) electrons. The smallest absolute Gasteiger partial charge is 0.462 e. The normalized spacial score (nSPS) is 14.4. The van der Waals surface area contributed by atoms with Gasteiger partial charge in [0.1, 0.15) is 6.61 Å². The SMILES string of the molecule is CC/C=C\C/C=C\C/C=C\C/C=C\C/C=C\C/C=C\C/C=C\C/C=C\CCCCCCCCC(=O)OC(COC(=O)CCC/C=C\C/C=C\C/C=C\C/C=C\C/C=C\CC)COP(=O)(O)OCCN. The maximum Gasteiger partial charge on any atom is 0.472 e. The molecule has 0 amide bonds. The zero-order valence-electron chi connectivity index (χ0n) is 42.7. The molecule has 0 saturated heterocycles. The molecule has 10 heteroatoms. The number of phosphoric ester groups is 1. The molecule has 2 unspecified atom stereocenters. The third kappa shape index (κ3) is 52.8. The van der Waals surface area contributed by atoms with Crippen molar-refractivity contribution in [2.45, 2.75) is 174 Å². The number of ether oxygens (including phenoxy) is 2. The minimum absolute atomic E-state index is 0.0335. The summed E-state index contributed by atoms with van der Waals surface area (Å²) in [6, 6.07) is 0. The Labute approximate surface area is 419 Å². The third-order valence-electron chi connectivity index (χ3n) is 9.91. The number of carbonyl (C=O) groups excluding carboxylic acids is 2. The number of phosphoric acid groups is 1. The maximum absolute atomic E-state index is 12.7. The van der Waals surface area contributed by atoms with E-state index in [0.717, 1.165) is 128 Å². The summed E-state index contributed by atoms with van der Waals surface area (Å²) in [5.74, 6) is -0.930. The second kappa shape index (κ2) is 53.0. The van der Waals surface area contributed by atoms with E-state index in [1.54, 1.807) is 0 Å². The van der Waals surface area contributed by atoms with E-state index in [2.05, 4.69) is 166 Å². The van der Waals surface area contributed by atoms with E-state index >= 15 is 0 Å². The van der Waals surface area contributed by atoms with Gasteiger partial charge in [0, 0.05) is 19.4 Å². The fourth-order valence-electron chi connectivity index (χ4n) is 6.15. The summed E-state index contributed by atoms with van der Waals surface area (Å²) in [6.07, 6.45) is 77.2. The van der Waals surface area contributed by atoms with Crippen molar-refractivity contribution in [2.24, 2.45) is 5.73 Å². The number of carbonyl (C=O) groups is 2. The Hall–Kier alpha value is -4.37. The van der Waals surface area contributed by atoms with Crippen molar-refractivity contribution in [2.75, 3.05) is 26.4 Å². The summed E-state index contributed by atoms with van der Waals surface area (Å²) in [7, 11) is -4.41. The van der Waals surface area contributed by atoms with Crippen LogP contribution in [0.3, 0.4) is 0 Å².